The highest BCUT2D eigenvalue weighted by molar-refractivity contribution is 8.20. The van der Waals surface area contributed by atoms with E-state index in [4.69, 9.17) is 4.74 Å². The number of nitrogens with zero attached hydrogens (tertiary/aromatic N) is 2. The molecule has 1 atom stereocenters. The van der Waals surface area contributed by atoms with Gasteiger partial charge in [-0.1, -0.05) is 12.1 Å². The molecule has 1 aliphatic heterocycles. The molecule has 0 fully saturated rings. The van der Waals surface area contributed by atoms with Gasteiger partial charge in [-0.3, -0.25) is 0 Å². The Bertz CT molecular complexity index is 716. The number of hydrogen-bond donors (Lipinski definition) is 1. The molecule has 1 aromatic carbocycles. The number of aromatic nitrogens is 2. The van der Waals surface area contributed by atoms with Crippen LogP contribution in [0, 0.1) is 0 Å². The highest BCUT2D eigenvalue weighted by Gasteiger charge is 2.35. The Labute approximate surface area is 121 Å². The second-order valence-corrected chi connectivity index (χ2v) is 6.33. The van der Waals surface area contributed by atoms with Gasteiger partial charge in [0.25, 0.3) is 0 Å². The largest absolute Gasteiger partial charge is 0.467 e. The summed E-state index contributed by atoms with van der Waals surface area (Å²) in [7, 11) is 0.207. The summed E-state index contributed by atoms with van der Waals surface area (Å²) in [4.78, 5) is 9.13. The third kappa shape index (κ3) is 2.49. The number of thiol groups is 1. The minimum Gasteiger partial charge on any atom is -0.467 e. The molecule has 2 heterocycles. The van der Waals surface area contributed by atoms with Crippen molar-refractivity contribution in [2.24, 2.45) is 0 Å². The molecule has 7 heteroatoms. The first-order chi connectivity index (χ1) is 10.0. The second kappa shape index (κ2) is 5.07. The third-order valence-corrected chi connectivity index (χ3v) is 5.29. The van der Waals surface area contributed by atoms with E-state index in [2.05, 4.69) is 9.97 Å². The van der Waals surface area contributed by atoms with Crippen LogP contribution in [0.1, 0.15) is 11.3 Å². The molecule has 0 spiro atoms. The number of rotatable bonds is 2. The van der Waals surface area contributed by atoms with E-state index in [1.807, 2.05) is 0 Å². The van der Waals surface area contributed by atoms with Crippen LogP contribution in [0.2, 0.25) is 0 Å². The summed E-state index contributed by atoms with van der Waals surface area (Å²) >= 11 is 0. The summed E-state index contributed by atoms with van der Waals surface area (Å²) in [6, 6.07) is 5.83. The van der Waals surface area contributed by atoms with Crippen LogP contribution in [0.25, 0.3) is 6.08 Å². The van der Waals surface area contributed by atoms with Crippen molar-refractivity contribution in [3.8, 4) is 6.01 Å². The number of benzene rings is 1. The second-order valence-electron chi connectivity index (χ2n) is 4.33. The molecular weight excluding hydrogens is 301 g/mol. The average Bonchev–Trinajstić information content (AvgIpc) is 2.89. The van der Waals surface area contributed by atoms with E-state index < -0.39 is 22.6 Å². The lowest BCUT2D eigenvalue weighted by Crippen LogP contribution is -2.07. The van der Waals surface area contributed by atoms with Gasteiger partial charge in [0.15, 0.2) is 0 Å². The van der Waals surface area contributed by atoms with Crippen molar-refractivity contribution >= 4 is 17.0 Å². The maximum Gasteiger partial charge on any atom is 0.417 e. The third-order valence-electron chi connectivity index (χ3n) is 3.07. The molecule has 0 bridgehead atoms. The molecule has 0 N–H and O–H groups in total. The predicted octanol–water partition coefficient (Wildman–Crippen LogP) is 3.91. The van der Waals surface area contributed by atoms with Gasteiger partial charge in [0.2, 0.25) is 0 Å². The summed E-state index contributed by atoms with van der Waals surface area (Å²) in [5.74, 6) is 0. The van der Waals surface area contributed by atoms with Gasteiger partial charge in [-0.25, -0.2) is 4.98 Å². The summed E-state index contributed by atoms with van der Waals surface area (Å²) < 4.78 is 44.3. The molecule has 3 rings (SSSR count). The van der Waals surface area contributed by atoms with Crippen LogP contribution in [-0.4, -0.2) is 17.1 Å². The molecule has 0 aliphatic carbocycles. The summed E-state index contributed by atoms with van der Waals surface area (Å²) in [5, 5.41) is 1.76. The standard InChI is InChI=1S/C14H11F3N2OS/c1-20-13-18-8-12-10(19-13)6-7-21(12)11-5-3-2-4-9(11)14(15,16)17/h2-8,21H,1H3. The van der Waals surface area contributed by atoms with Gasteiger partial charge in [0.1, 0.15) is 0 Å². The lowest BCUT2D eigenvalue weighted by atomic mass is 10.2. The van der Waals surface area contributed by atoms with Crippen LogP contribution < -0.4 is 4.74 Å². The fraction of sp³-hybridized carbons (Fsp3) is 0.143. The van der Waals surface area contributed by atoms with Crippen LogP contribution in [0.4, 0.5) is 13.2 Å². The summed E-state index contributed by atoms with van der Waals surface area (Å²) in [6.45, 7) is 0. The van der Waals surface area contributed by atoms with Gasteiger partial charge in [0, 0.05) is 16.0 Å². The van der Waals surface area contributed by atoms with Crippen LogP contribution in [-0.2, 0) is 6.18 Å². The molecule has 0 saturated heterocycles. The minimum absolute atomic E-state index is 0.208. The van der Waals surface area contributed by atoms with Gasteiger partial charge in [0.05, 0.1) is 18.4 Å². The smallest absolute Gasteiger partial charge is 0.417 e. The molecule has 0 amide bonds. The quantitative estimate of drug-likeness (QED) is 0.854. The maximum absolute atomic E-state index is 13.1. The Kier molecular flexibility index (Phi) is 3.36. The van der Waals surface area contributed by atoms with E-state index >= 15 is 0 Å². The molecule has 2 aromatic rings. The van der Waals surface area contributed by atoms with Crippen molar-refractivity contribution in [3.63, 3.8) is 0 Å². The molecule has 0 radical (unpaired) electrons. The van der Waals surface area contributed by atoms with E-state index in [0.717, 1.165) is 6.07 Å². The van der Waals surface area contributed by atoms with E-state index in [1.165, 1.54) is 19.2 Å². The number of fused-ring (bicyclic) bond motifs is 1. The van der Waals surface area contributed by atoms with Crippen molar-refractivity contribution < 1.29 is 17.9 Å². The zero-order valence-electron chi connectivity index (χ0n) is 10.9. The van der Waals surface area contributed by atoms with Crippen LogP contribution in [0.15, 0.2) is 45.7 Å². The van der Waals surface area contributed by atoms with E-state index in [1.54, 1.807) is 23.7 Å². The monoisotopic (exact) mass is 312 g/mol. The van der Waals surface area contributed by atoms with Crippen molar-refractivity contribution in [1.82, 2.24) is 9.97 Å². The summed E-state index contributed by atoms with van der Waals surface area (Å²) in [5.41, 5.74) is 0.00867. The molecule has 0 saturated carbocycles. The first-order valence-electron chi connectivity index (χ1n) is 6.05. The van der Waals surface area contributed by atoms with Gasteiger partial charge < -0.3 is 4.74 Å². The number of hydrogen-bond acceptors (Lipinski definition) is 3. The van der Waals surface area contributed by atoms with Gasteiger partial charge in [-0.15, -0.1) is 0 Å². The normalized spacial score (nSPS) is 18.6. The first-order valence-corrected chi connectivity index (χ1v) is 7.46. The maximum atomic E-state index is 13.1. The summed E-state index contributed by atoms with van der Waals surface area (Å²) in [6.07, 6.45) is -1.11. The lowest BCUT2D eigenvalue weighted by molar-refractivity contribution is -0.139. The molecule has 1 aromatic heterocycles. The number of ether oxygens (including phenoxy) is 1. The topological polar surface area (TPSA) is 35.0 Å². The molecule has 1 aliphatic rings. The average molecular weight is 312 g/mol. The highest BCUT2D eigenvalue weighted by atomic mass is 32.2. The predicted molar refractivity (Wildman–Crippen MR) is 74.6 cm³/mol. The Morgan fingerprint density at radius 2 is 1.90 bits per heavy atom. The van der Waals surface area contributed by atoms with Crippen molar-refractivity contribution in [2.75, 3.05) is 7.11 Å². The van der Waals surface area contributed by atoms with Gasteiger partial charge in [-0.2, -0.15) is 29.1 Å². The van der Waals surface area contributed by atoms with Crippen molar-refractivity contribution in [3.05, 3.63) is 47.1 Å². The Morgan fingerprint density at radius 3 is 2.62 bits per heavy atom. The molecule has 21 heavy (non-hydrogen) atoms. The number of halogens is 3. The SMILES string of the molecule is COc1ncc2c(n1)C=C[SH]2c1ccccc1C(F)(F)F. The minimum atomic E-state index is -4.37. The fourth-order valence-corrected chi connectivity index (χ4v) is 4.27. The lowest BCUT2D eigenvalue weighted by Gasteiger charge is -2.20. The Balaban J connectivity index is 2.08. The van der Waals surface area contributed by atoms with E-state index in [-0.39, 0.29) is 10.9 Å². The van der Waals surface area contributed by atoms with Crippen LogP contribution >= 0.6 is 10.9 Å². The van der Waals surface area contributed by atoms with E-state index in [0.29, 0.717) is 10.6 Å². The zero-order valence-corrected chi connectivity index (χ0v) is 11.8. The Morgan fingerprint density at radius 1 is 1.14 bits per heavy atom. The molecule has 3 nitrogen and oxygen atoms in total. The highest BCUT2D eigenvalue weighted by Crippen LogP contribution is 2.54. The van der Waals surface area contributed by atoms with Gasteiger partial charge >= 0.3 is 12.2 Å². The van der Waals surface area contributed by atoms with Gasteiger partial charge in [-0.05, 0) is 23.6 Å². The van der Waals surface area contributed by atoms with Crippen LogP contribution in [0.5, 0.6) is 6.01 Å². The van der Waals surface area contributed by atoms with Crippen molar-refractivity contribution in [1.29, 1.82) is 0 Å². The fourth-order valence-electron chi connectivity index (χ4n) is 2.14. The molecule has 110 valence electrons. The number of alkyl halides is 3. The Hall–Kier alpha value is -2.02. The van der Waals surface area contributed by atoms with Crippen molar-refractivity contribution in [2.45, 2.75) is 16.0 Å². The zero-order chi connectivity index (χ0) is 15.0. The molecular formula is C14H11F3N2OS. The van der Waals surface area contributed by atoms with E-state index in [9.17, 15) is 13.2 Å². The number of methoxy groups -OCH3 is 1. The van der Waals surface area contributed by atoms with Crippen LogP contribution in [0.3, 0.4) is 0 Å². The first kappa shape index (κ1) is 13.9. The molecule has 1 unspecified atom stereocenters.